The quantitative estimate of drug-likeness (QED) is 0.402. The number of rotatable bonds is 8. The van der Waals surface area contributed by atoms with Crippen molar-refractivity contribution >= 4 is 23.7 Å². The molecular formula is C27H29N3O6. The predicted octanol–water partition coefficient (Wildman–Crippen LogP) is 5.05. The van der Waals surface area contributed by atoms with Gasteiger partial charge in [-0.15, -0.1) is 0 Å². The fraction of sp³-hybridized carbons (Fsp3) is 0.259. The molecule has 0 radical (unpaired) electrons. The Morgan fingerprint density at radius 2 is 1.69 bits per heavy atom. The van der Waals surface area contributed by atoms with Crippen molar-refractivity contribution in [2.45, 2.75) is 39.3 Å². The van der Waals surface area contributed by atoms with Crippen molar-refractivity contribution in [3.8, 4) is 16.9 Å². The van der Waals surface area contributed by atoms with Crippen LogP contribution in [0.3, 0.4) is 0 Å². The normalized spacial score (nSPS) is 11.8. The van der Waals surface area contributed by atoms with Gasteiger partial charge in [0.15, 0.2) is 6.61 Å². The number of pyridine rings is 1. The van der Waals surface area contributed by atoms with Crippen molar-refractivity contribution in [3.05, 3.63) is 78.1 Å². The summed E-state index contributed by atoms with van der Waals surface area (Å²) in [6, 6.07) is 14.9. The third kappa shape index (κ3) is 7.30. The van der Waals surface area contributed by atoms with Gasteiger partial charge < -0.3 is 25.2 Å². The maximum atomic E-state index is 13.0. The number of ether oxygens (including phenoxy) is 2. The SMILES string of the molecule is CC(NC(=O)OC(C)(C)C)c1ccc(C(=O)Nc2ccncc2)cc1-c1ccccc1OCC(=O)O. The number of carbonyl (C=O) groups excluding carboxylic acids is 2. The van der Waals surface area contributed by atoms with Crippen LogP contribution < -0.4 is 15.4 Å². The Hall–Kier alpha value is -4.40. The van der Waals surface area contributed by atoms with Gasteiger partial charge in [-0.3, -0.25) is 9.78 Å². The molecule has 9 heteroatoms. The van der Waals surface area contributed by atoms with Crippen LogP contribution in [0.5, 0.6) is 5.75 Å². The summed E-state index contributed by atoms with van der Waals surface area (Å²) < 4.78 is 10.9. The van der Waals surface area contributed by atoms with Crippen LogP contribution in [0.4, 0.5) is 10.5 Å². The summed E-state index contributed by atoms with van der Waals surface area (Å²) in [6.07, 6.45) is 2.56. The van der Waals surface area contributed by atoms with Crippen LogP contribution in [-0.4, -0.2) is 40.3 Å². The number of benzene rings is 2. The summed E-state index contributed by atoms with van der Waals surface area (Å²) in [5.41, 5.74) is 2.15. The molecule has 0 aliphatic heterocycles. The minimum Gasteiger partial charge on any atom is -0.481 e. The molecule has 3 rings (SSSR count). The van der Waals surface area contributed by atoms with Gasteiger partial charge in [0.05, 0.1) is 6.04 Å². The van der Waals surface area contributed by atoms with Crippen LogP contribution in [0.25, 0.3) is 11.1 Å². The number of para-hydroxylation sites is 1. The van der Waals surface area contributed by atoms with E-state index >= 15 is 0 Å². The van der Waals surface area contributed by atoms with Gasteiger partial charge >= 0.3 is 12.1 Å². The smallest absolute Gasteiger partial charge is 0.408 e. The summed E-state index contributed by atoms with van der Waals surface area (Å²) in [5, 5.41) is 14.7. The number of carboxylic acids is 1. The number of alkyl carbamates (subject to hydrolysis) is 1. The third-order valence-electron chi connectivity index (χ3n) is 4.98. The lowest BCUT2D eigenvalue weighted by atomic mass is 9.92. The average Bonchev–Trinajstić information content (AvgIpc) is 2.82. The minimum absolute atomic E-state index is 0.331. The van der Waals surface area contributed by atoms with Gasteiger partial charge in [-0.2, -0.15) is 0 Å². The molecule has 0 aliphatic carbocycles. The van der Waals surface area contributed by atoms with Crippen molar-refractivity contribution in [2.75, 3.05) is 11.9 Å². The number of hydrogen-bond acceptors (Lipinski definition) is 6. The van der Waals surface area contributed by atoms with E-state index in [-0.39, 0.29) is 5.91 Å². The van der Waals surface area contributed by atoms with Crippen LogP contribution in [-0.2, 0) is 9.53 Å². The fourth-order valence-electron chi connectivity index (χ4n) is 3.46. The van der Waals surface area contributed by atoms with E-state index in [4.69, 9.17) is 14.6 Å². The van der Waals surface area contributed by atoms with E-state index in [0.29, 0.717) is 33.7 Å². The van der Waals surface area contributed by atoms with Crippen molar-refractivity contribution in [1.82, 2.24) is 10.3 Å². The number of anilines is 1. The second kappa shape index (κ2) is 11.4. The lowest BCUT2D eigenvalue weighted by molar-refractivity contribution is -0.139. The zero-order valence-corrected chi connectivity index (χ0v) is 20.6. The van der Waals surface area contributed by atoms with E-state index in [9.17, 15) is 14.4 Å². The number of hydrogen-bond donors (Lipinski definition) is 3. The molecule has 3 aromatic rings. The van der Waals surface area contributed by atoms with E-state index in [2.05, 4.69) is 15.6 Å². The van der Waals surface area contributed by atoms with Gasteiger partial charge in [-0.1, -0.05) is 24.3 Å². The molecule has 3 N–H and O–H groups in total. The molecule has 9 nitrogen and oxygen atoms in total. The second-order valence-electron chi connectivity index (χ2n) is 9.04. The molecule has 1 aromatic heterocycles. The molecule has 188 valence electrons. The van der Waals surface area contributed by atoms with Crippen molar-refractivity contribution in [2.24, 2.45) is 0 Å². The highest BCUT2D eigenvalue weighted by Crippen LogP contribution is 2.36. The van der Waals surface area contributed by atoms with Crippen molar-refractivity contribution < 1.29 is 29.0 Å². The van der Waals surface area contributed by atoms with Crippen LogP contribution in [0, 0.1) is 0 Å². The van der Waals surface area contributed by atoms with Gasteiger partial charge in [0, 0.05) is 29.2 Å². The lowest BCUT2D eigenvalue weighted by Crippen LogP contribution is -2.34. The van der Waals surface area contributed by atoms with Crippen LogP contribution >= 0.6 is 0 Å². The monoisotopic (exact) mass is 491 g/mol. The standard InChI is InChI=1S/C27H29N3O6/c1-17(29-26(34)36-27(2,3)4)20-10-9-18(25(33)30-19-11-13-28-14-12-19)15-22(20)21-7-5-6-8-23(21)35-16-24(31)32/h5-15,17H,16H2,1-4H3,(H,29,34)(H,31,32)(H,28,30,33). The number of carboxylic acid groups (broad SMARTS) is 1. The molecule has 2 amide bonds. The Bertz CT molecular complexity index is 1240. The van der Waals surface area contributed by atoms with Crippen molar-refractivity contribution in [3.63, 3.8) is 0 Å². The Morgan fingerprint density at radius 1 is 1.00 bits per heavy atom. The maximum absolute atomic E-state index is 13.0. The molecule has 2 aromatic carbocycles. The molecule has 36 heavy (non-hydrogen) atoms. The van der Waals surface area contributed by atoms with E-state index in [0.717, 1.165) is 0 Å². The van der Waals surface area contributed by atoms with Gasteiger partial charge in [0.2, 0.25) is 0 Å². The highest BCUT2D eigenvalue weighted by molar-refractivity contribution is 6.05. The molecule has 1 unspecified atom stereocenters. The second-order valence-corrected chi connectivity index (χ2v) is 9.04. The fourth-order valence-corrected chi connectivity index (χ4v) is 3.46. The Balaban J connectivity index is 2.01. The summed E-state index contributed by atoms with van der Waals surface area (Å²) in [6.45, 7) is 6.58. The number of amides is 2. The summed E-state index contributed by atoms with van der Waals surface area (Å²) >= 11 is 0. The van der Waals surface area contributed by atoms with Gasteiger partial charge in [0.25, 0.3) is 5.91 Å². The molecular weight excluding hydrogens is 462 g/mol. The lowest BCUT2D eigenvalue weighted by Gasteiger charge is -2.24. The molecule has 1 atom stereocenters. The number of aliphatic carboxylic acids is 1. The summed E-state index contributed by atoms with van der Waals surface area (Å²) in [5.74, 6) is -1.13. The Morgan fingerprint density at radius 3 is 2.36 bits per heavy atom. The predicted molar refractivity (Wildman–Crippen MR) is 135 cm³/mol. The molecule has 0 saturated heterocycles. The zero-order valence-electron chi connectivity index (χ0n) is 20.6. The van der Waals surface area contributed by atoms with E-state index in [1.54, 1.807) is 94.7 Å². The third-order valence-corrected chi connectivity index (χ3v) is 4.98. The number of aromatic nitrogens is 1. The summed E-state index contributed by atoms with van der Waals surface area (Å²) in [4.78, 5) is 40.5. The molecule has 0 aliphatic rings. The van der Waals surface area contributed by atoms with E-state index in [1.807, 2.05) is 0 Å². The largest absolute Gasteiger partial charge is 0.481 e. The number of carbonyl (C=O) groups is 3. The molecule has 0 saturated carbocycles. The highest BCUT2D eigenvalue weighted by atomic mass is 16.6. The van der Waals surface area contributed by atoms with Crippen molar-refractivity contribution in [1.29, 1.82) is 0 Å². The number of nitrogens with zero attached hydrogens (tertiary/aromatic N) is 1. The van der Waals surface area contributed by atoms with Crippen LogP contribution in [0.1, 0.15) is 49.7 Å². The molecule has 0 bridgehead atoms. The first kappa shape index (κ1) is 26.2. The highest BCUT2D eigenvalue weighted by Gasteiger charge is 2.22. The first-order chi connectivity index (χ1) is 17.0. The maximum Gasteiger partial charge on any atom is 0.408 e. The summed E-state index contributed by atoms with van der Waals surface area (Å²) in [7, 11) is 0. The van der Waals surface area contributed by atoms with E-state index < -0.39 is 30.3 Å². The minimum atomic E-state index is -1.12. The van der Waals surface area contributed by atoms with Crippen LogP contribution in [0.15, 0.2) is 67.0 Å². The molecule has 0 fully saturated rings. The van der Waals surface area contributed by atoms with Crippen LogP contribution in [0.2, 0.25) is 0 Å². The zero-order chi connectivity index (χ0) is 26.3. The average molecular weight is 492 g/mol. The molecule has 0 spiro atoms. The topological polar surface area (TPSA) is 127 Å². The number of nitrogens with one attached hydrogen (secondary N) is 2. The van der Waals surface area contributed by atoms with E-state index in [1.165, 1.54) is 0 Å². The van der Waals surface area contributed by atoms with Gasteiger partial charge in [0.1, 0.15) is 11.4 Å². The first-order valence-electron chi connectivity index (χ1n) is 11.3. The van der Waals surface area contributed by atoms with Gasteiger partial charge in [-0.05, 0) is 69.2 Å². The first-order valence-corrected chi connectivity index (χ1v) is 11.3. The molecule has 1 heterocycles. The Kier molecular flexibility index (Phi) is 8.26. The Labute approximate surface area is 209 Å². The van der Waals surface area contributed by atoms with Gasteiger partial charge in [-0.25, -0.2) is 9.59 Å².